The number of rotatable bonds is 14. The summed E-state index contributed by atoms with van der Waals surface area (Å²) in [6.45, 7) is 6.92. The Hall–Kier alpha value is -4.71. The molecule has 0 saturated heterocycles. The summed E-state index contributed by atoms with van der Waals surface area (Å²) in [7, 11) is 0.978. The number of carbonyl (C=O) groups is 1. The first-order valence-electron chi connectivity index (χ1n) is 16.8. The van der Waals surface area contributed by atoms with Gasteiger partial charge in [0, 0.05) is 12.3 Å². The minimum atomic E-state index is -0.446. The monoisotopic (exact) mass is 674 g/mol. The van der Waals surface area contributed by atoms with Gasteiger partial charge in [-0.05, 0) is 84.9 Å². The summed E-state index contributed by atoms with van der Waals surface area (Å²) >= 11 is 0. The zero-order valence-electron chi connectivity index (χ0n) is 29.0. The second-order valence-electron chi connectivity index (χ2n) is 11.8. The summed E-state index contributed by atoms with van der Waals surface area (Å²) in [5.41, 5.74) is 0. The normalized spacial score (nSPS) is 12.9. The molecule has 0 aliphatic heterocycles. The average Bonchev–Trinajstić information content (AvgIpc) is 3.14. The van der Waals surface area contributed by atoms with Crippen LogP contribution in [0.15, 0.2) is 152 Å². The van der Waals surface area contributed by atoms with Crippen molar-refractivity contribution in [3.63, 3.8) is 0 Å². The van der Waals surface area contributed by atoms with E-state index in [9.17, 15) is 9.18 Å². The van der Waals surface area contributed by atoms with E-state index in [0.717, 1.165) is 12.8 Å². The van der Waals surface area contributed by atoms with Crippen LogP contribution in [0.3, 0.4) is 0 Å². The van der Waals surface area contributed by atoms with Crippen LogP contribution in [0.1, 0.15) is 40.0 Å². The predicted octanol–water partition coefficient (Wildman–Crippen LogP) is 9.57. The Morgan fingerprint density at radius 3 is 1.80 bits per heavy atom. The molecule has 0 heterocycles. The number of ether oxygens (including phenoxy) is 2. The Morgan fingerprint density at radius 2 is 1.27 bits per heavy atom. The zero-order chi connectivity index (χ0) is 35.1. The van der Waals surface area contributed by atoms with E-state index in [1.54, 1.807) is 12.1 Å². The van der Waals surface area contributed by atoms with Crippen molar-refractivity contribution in [1.82, 2.24) is 0 Å². The molecule has 0 unspecified atom stereocenters. The molecule has 0 saturated carbocycles. The third-order valence-electron chi connectivity index (χ3n) is 7.83. The highest BCUT2D eigenvalue weighted by Crippen LogP contribution is 2.32. The first-order valence-corrected chi connectivity index (χ1v) is 18.1. The summed E-state index contributed by atoms with van der Waals surface area (Å²) < 4.78 is 23.1. The second-order valence-corrected chi connectivity index (χ2v) is 14.0. The smallest absolute Gasteiger partial charge is 0.305 e. The van der Waals surface area contributed by atoms with Gasteiger partial charge in [0.05, 0.1) is 13.7 Å². The molecule has 5 heteroatoms. The maximum atomic E-state index is 12.9. The predicted molar refractivity (Wildman–Crippen MR) is 206 cm³/mol. The number of carbonyl (C=O) groups excluding carboxylic acids is 1. The number of hydrogen-bond acceptors (Lipinski definition) is 3. The molecule has 0 bridgehead atoms. The van der Waals surface area contributed by atoms with Crippen LogP contribution in [-0.2, 0) is 9.53 Å². The maximum Gasteiger partial charge on any atom is 0.305 e. The van der Waals surface area contributed by atoms with Crippen molar-refractivity contribution in [2.75, 3.05) is 13.7 Å². The molecule has 0 N–H and O–H groups in total. The van der Waals surface area contributed by atoms with Crippen LogP contribution in [0.2, 0.25) is 0 Å². The van der Waals surface area contributed by atoms with E-state index < -0.39 is 7.92 Å². The van der Waals surface area contributed by atoms with E-state index in [4.69, 9.17) is 4.74 Å². The van der Waals surface area contributed by atoms with Crippen molar-refractivity contribution < 1.29 is 18.7 Å². The van der Waals surface area contributed by atoms with Gasteiger partial charge in [-0.3, -0.25) is 4.79 Å². The third-order valence-corrected chi connectivity index (χ3v) is 10.3. The van der Waals surface area contributed by atoms with Crippen LogP contribution >= 0.6 is 7.92 Å². The Bertz CT molecular complexity index is 1550. The topological polar surface area (TPSA) is 35.5 Å². The van der Waals surface area contributed by atoms with E-state index in [2.05, 4.69) is 127 Å². The molecule has 254 valence electrons. The fraction of sp³-hybridized carbons (Fsp3) is 0.250. The largest absolute Gasteiger partial charge is 0.493 e. The van der Waals surface area contributed by atoms with Crippen molar-refractivity contribution in [2.45, 2.75) is 40.0 Å². The van der Waals surface area contributed by atoms with E-state index >= 15 is 0 Å². The third kappa shape index (κ3) is 15.4. The van der Waals surface area contributed by atoms with Gasteiger partial charge in [-0.1, -0.05) is 148 Å². The summed E-state index contributed by atoms with van der Waals surface area (Å²) in [5.74, 6) is 7.34. The second kappa shape index (κ2) is 22.8. The van der Waals surface area contributed by atoms with Gasteiger partial charge in [-0.2, -0.15) is 0 Å². The first kappa shape index (κ1) is 38.7. The van der Waals surface area contributed by atoms with Crippen LogP contribution in [-0.4, -0.2) is 19.7 Å². The van der Waals surface area contributed by atoms with Crippen molar-refractivity contribution in [3.05, 3.63) is 158 Å². The van der Waals surface area contributed by atoms with Gasteiger partial charge in [0.2, 0.25) is 0 Å². The molecular formula is C44H48FO3P. The molecule has 0 radical (unpaired) electrons. The fourth-order valence-electron chi connectivity index (χ4n) is 4.77. The van der Waals surface area contributed by atoms with Crippen LogP contribution in [0.5, 0.6) is 5.75 Å². The van der Waals surface area contributed by atoms with Gasteiger partial charge in [-0.15, -0.1) is 0 Å². The standard InChI is InChI=1S/C26H33FO3.C18H15P/c1-21(20-30-25-18-16-24(27)17-19-25)12-9-7-5-6-8-10-13-22(2)23(3)14-11-15-26(28)29-4;1-4-10-16(11-5-1)19(17-12-6-2-7-13-17)18-14-8-3-9-15-18/h6,8-10,12-13,16-19,21-23H,11,14-15,20H2,1-4H3;1-15H/b8-6+,12-9+,13-10+;/t21-,22+,23-;/m0./s1. The average molecular weight is 675 g/mol. The Balaban J connectivity index is 0.000000291. The maximum absolute atomic E-state index is 12.9. The molecule has 0 spiro atoms. The summed E-state index contributed by atoms with van der Waals surface area (Å²) in [6, 6.07) is 38.3. The molecule has 4 rings (SSSR count). The Morgan fingerprint density at radius 1 is 0.735 bits per heavy atom. The number of methoxy groups -OCH3 is 1. The molecule has 0 aromatic heterocycles. The molecular weight excluding hydrogens is 626 g/mol. The van der Waals surface area contributed by atoms with Gasteiger partial charge in [0.15, 0.2) is 0 Å². The minimum Gasteiger partial charge on any atom is -0.493 e. The van der Waals surface area contributed by atoms with Gasteiger partial charge in [0.25, 0.3) is 0 Å². The van der Waals surface area contributed by atoms with Crippen molar-refractivity contribution in [3.8, 4) is 17.6 Å². The van der Waals surface area contributed by atoms with Crippen molar-refractivity contribution >= 4 is 29.8 Å². The lowest BCUT2D eigenvalue weighted by atomic mass is 9.90. The zero-order valence-corrected chi connectivity index (χ0v) is 29.9. The molecule has 0 fully saturated rings. The highest BCUT2D eigenvalue weighted by atomic mass is 31.1. The first-order chi connectivity index (χ1) is 23.9. The molecule has 4 aromatic carbocycles. The van der Waals surface area contributed by atoms with Crippen molar-refractivity contribution in [2.24, 2.45) is 17.8 Å². The van der Waals surface area contributed by atoms with Gasteiger partial charge in [-0.25, -0.2) is 4.39 Å². The van der Waals surface area contributed by atoms with Gasteiger partial charge in [0.1, 0.15) is 11.6 Å². The number of allylic oxidation sites excluding steroid dienone is 5. The molecule has 0 amide bonds. The van der Waals surface area contributed by atoms with E-state index in [-0.39, 0.29) is 17.7 Å². The number of esters is 1. The molecule has 0 aliphatic rings. The van der Waals surface area contributed by atoms with Crippen LogP contribution in [0, 0.1) is 35.4 Å². The van der Waals surface area contributed by atoms with Crippen LogP contribution in [0.25, 0.3) is 0 Å². The Labute approximate surface area is 294 Å². The van der Waals surface area contributed by atoms with Crippen molar-refractivity contribution in [1.29, 1.82) is 0 Å². The minimum absolute atomic E-state index is 0.143. The molecule has 49 heavy (non-hydrogen) atoms. The molecule has 4 aromatic rings. The highest BCUT2D eigenvalue weighted by Gasteiger charge is 2.15. The molecule has 3 nitrogen and oxygen atoms in total. The summed E-state index contributed by atoms with van der Waals surface area (Å²) in [6.07, 6.45) is 14.1. The number of benzene rings is 4. The molecule has 0 aliphatic carbocycles. The quantitative estimate of drug-likeness (QED) is 0.0579. The van der Waals surface area contributed by atoms with Gasteiger partial charge >= 0.3 is 5.97 Å². The summed E-state index contributed by atoms with van der Waals surface area (Å²) in [4.78, 5) is 11.1. The highest BCUT2D eigenvalue weighted by molar-refractivity contribution is 7.79. The van der Waals surface area contributed by atoms with E-state index in [1.807, 2.05) is 37.3 Å². The Kier molecular flexibility index (Phi) is 18.0. The van der Waals surface area contributed by atoms with E-state index in [0.29, 0.717) is 30.6 Å². The lowest BCUT2D eigenvalue weighted by molar-refractivity contribution is -0.140. The lowest BCUT2D eigenvalue weighted by Gasteiger charge is -2.18. The fourth-order valence-corrected chi connectivity index (χ4v) is 7.07. The lowest BCUT2D eigenvalue weighted by Crippen LogP contribution is -2.20. The number of halogens is 1. The van der Waals surface area contributed by atoms with Gasteiger partial charge < -0.3 is 9.47 Å². The SMILES string of the molecule is COC(=O)CCC[C@H](C)[C@H](C)/C=C/C=C/C#C/C=C/[C@H](C)COc1ccc(F)cc1.c1ccc(P(c2ccccc2)c2ccccc2)cc1. The summed E-state index contributed by atoms with van der Waals surface area (Å²) in [5, 5.41) is 4.19. The van der Waals surface area contributed by atoms with Crippen LogP contribution < -0.4 is 20.7 Å². The molecule has 3 atom stereocenters. The van der Waals surface area contributed by atoms with E-state index in [1.165, 1.54) is 35.2 Å². The number of hydrogen-bond donors (Lipinski definition) is 0. The van der Waals surface area contributed by atoms with Crippen LogP contribution in [0.4, 0.5) is 4.39 Å².